The smallest absolute Gasteiger partial charge is 0.338 e. The number of anilines is 1. The number of hydrogen-bond acceptors (Lipinski definition) is 5. The van der Waals surface area contributed by atoms with Crippen molar-refractivity contribution in [3.63, 3.8) is 0 Å². The highest BCUT2D eigenvalue weighted by Crippen LogP contribution is 2.18. The zero-order valence-electron chi connectivity index (χ0n) is 16.6. The maximum absolute atomic E-state index is 11.8. The lowest BCUT2D eigenvalue weighted by atomic mass is 10.1. The Morgan fingerprint density at radius 2 is 1.82 bits per heavy atom. The number of nitrogens with one attached hydrogen (secondary N) is 2. The molecule has 0 aliphatic rings. The molecule has 0 amide bonds. The van der Waals surface area contributed by atoms with Gasteiger partial charge in [-0.05, 0) is 81.0 Å². The van der Waals surface area contributed by atoms with Gasteiger partial charge < -0.3 is 24.8 Å². The van der Waals surface area contributed by atoms with E-state index in [0.29, 0.717) is 23.9 Å². The molecule has 0 unspecified atom stereocenters. The largest absolute Gasteiger partial charge is 0.497 e. The lowest BCUT2D eigenvalue weighted by Gasteiger charge is -2.18. The summed E-state index contributed by atoms with van der Waals surface area (Å²) in [6.07, 6.45) is 0. The zero-order chi connectivity index (χ0) is 20.5. The Morgan fingerprint density at radius 1 is 1.14 bits per heavy atom. The van der Waals surface area contributed by atoms with Gasteiger partial charge in [-0.15, -0.1) is 0 Å². The van der Waals surface area contributed by atoms with E-state index in [1.165, 1.54) is 0 Å². The van der Waals surface area contributed by atoms with Gasteiger partial charge in [-0.2, -0.15) is 0 Å². The van der Waals surface area contributed by atoms with E-state index >= 15 is 0 Å². The van der Waals surface area contributed by atoms with Crippen LogP contribution in [-0.4, -0.2) is 37.4 Å². The van der Waals surface area contributed by atoms with Gasteiger partial charge in [0.25, 0.3) is 0 Å². The number of thiocarbonyl (C=S) groups is 1. The first-order valence-electron chi connectivity index (χ1n) is 9.05. The average Bonchev–Trinajstić information content (AvgIpc) is 2.68. The molecule has 2 N–H and O–H groups in total. The van der Waals surface area contributed by atoms with Crippen molar-refractivity contribution in [3.8, 4) is 11.5 Å². The zero-order valence-corrected chi connectivity index (χ0v) is 17.4. The molecule has 0 bridgehead atoms. The van der Waals surface area contributed by atoms with Crippen LogP contribution >= 0.6 is 12.2 Å². The predicted molar refractivity (Wildman–Crippen MR) is 114 cm³/mol. The third kappa shape index (κ3) is 6.42. The number of rotatable bonds is 8. The van der Waals surface area contributed by atoms with E-state index in [4.69, 9.17) is 26.4 Å². The summed E-state index contributed by atoms with van der Waals surface area (Å²) in [4.78, 5) is 11.8. The minimum atomic E-state index is -0.331. The normalized spacial score (nSPS) is 11.3. The molecule has 0 heterocycles. The van der Waals surface area contributed by atoms with Gasteiger partial charge in [-0.1, -0.05) is 0 Å². The van der Waals surface area contributed by atoms with E-state index in [-0.39, 0.29) is 12.0 Å². The number of carbonyl (C=O) groups excluding carboxylic acids is 1. The number of benzene rings is 2. The van der Waals surface area contributed by atoms with Crippen LogP contribution in [0.1, 0.15) is 29.8 Å². The Hall–Kier alpha value is -2.80. The number of ether oxygens (including phenoxy) is 3. The van der Waals surface area contributed by atoms with E-state index in [9.17, 15) is 4.79 Å². The van der Waals surface area contributed by atoms with Crippen LogP contribution in [0.15, 0.2) is 42.5 Å². The van der Waals surface area contributed by atoms with E-state index < -0.39 is 0 Å². The molecule has 0 radical (unpaired) electrons. The maximum Gasteiger partial charge on any atom is 0.338 e. The molecule has 0 saturated heterocycles. The second-order valence-corrected chi connectivity index (χ2v) is 6.64. The lowest BCUT2D eigenvalue weighted by Crippen LogP contribution is -2.39. The summed E-state index contributed by atoms with van der Waals surface area (Å²) in [6, 6.07) is 12.7. The number of aryl methyl sites for hydroxylation is 1. The highest BCUT2D eigenvalue weighted by atomic mass is 32.1. The van der Waals surface area contributed by atoms with E-state index in [2.05, 4.69) is 10.6 Å². The summed E-state index contributed by atoms with van der Waals surface area (Å²) in [7, 11) is 1.63. The molecule has 0 aromatic heterocycles. The molecule has 6 nitrogen and oxygen atoms in total. The van der Waals surface area contributed by atoms with Crippen LogP contribution < -0.4 is 20.1 Å². The minimum Gasteiger partial charge on any atom is -0.497 e. The summed E-state index contributed by atoms with van der Waals surface area (Å²) >= 11 is 5.38. The van der Waals surface area contributed by atoms with Crippen molar-refractivity contribution >= 4 is 29.0 Å². The molecule has 150 valence electrons. The Morgan fingerprint density at radius 3 is 2.43 bits per heavy atom. The van der Waals surface area contributed by atoms with Gasteiger partial charge in [0, 0.05) is 5.69 Å². The fourth-order valence-electron chi connectivity index (χ4n) is 2.46. The monoisotopic (exact) mass is 402 g/mol. The summed E-state index contributed by atoms with van der Waals surface area (Å²) in [5, 5.41) is 6.82. The van der Waals surface area contributed by atoms with Gasteiger partial charge in [0.15, 0.2) is 5.11 Å². The molecule has 7 heteroatoms. The lowest BCUT2D eigenvalue weighted by molar-refractivity contribution is 0.0526. The first-order chi connectivity index (χ1) is 13.4. The molecule has 0 aliphatic carbocycles. The molecular weight excluding hydrogens is 376 g/mol. The Bertz CT molecular complexity index is 809. The average molecular weight is 403 g/mol. The second kappa shape index (κ2) is 10.5. The number of esters is 1. The van der Waals surface area contributed by atoms with Gasteiger partial charge in [0.2, 0.25) is 0 Å². The van der Waals surface area contributed by atoms with E-state index in [1.807, 2.05) is 44.2 Å². The van der Waals surface area contributed by atoms with Crippen molar-refractivity contribution < 1.29 is 19.0 Å². The predicted octanol–water partition coefficient (Wildman–Crippen LogP) is 3.93. The molecular formula is C21H26N2O4S. The van der Waals surface area contributed by atoms with Crippen LogP contribution in [0.25, 0.3) is 0 Å². The SMILES string of the molecule is CCOC(=O)c1ccc(NC(=S)N[C@@H](C)COc2ccc(OC)cc2)c(C)c1. The van der Waals surface area contributed by atoms with Gasteiger partial charge >= 0.3 is 5.97 Å². The molecule has 0 aliphatic heterocycles. The number of hydrogen-bond donors (Lipinski definition) is 2. The Balaban J connectivity index is 1.84. The third-order valence-corrected chi connectivity index (χ3v) is 4.14. The first-order valence-corrected chi connectivity index (χ1v) is 9.46. The quantitative estimate of drug-likeness (QED) is 0.512. The highest BCUT2D eigenvalue weighted by Gasteiger charge is 2.10. The fourth-order valence-corrected chi connectivity index (χ4v) is 2.77. The number of carbonyl (C=O) groups is 1. The van der Waals surface area contributed by atoms with Crippen molar-refractivity contribution in [3.05, 3.63) is 53.6 Å². The van der Waals surface area contributed by atoms with Crippen LogP contribution in [0.3, 0.4) is 0 Å². The van der Waals surface area contributed by atoms with Gasteiger partial charge in [-0.25, -0.2) is 4.79 Å². The van der Waals surface area contributed by atoms with Gasteiger partial charge in [0.05, 0.1) is 25.3 Å². The standard InChI is InChI=1S/C21H26N2O4S/c1-5-26-20(24)16-6-11-19(14(2)12-16)23-21(28)22-15(3)13-27-18-9-7-17(25-4)8-10-18/h6-12,15H,5,13H2,1-4H3,(H2,22,23,28)/t15-/m0/s1. The molecule has 28 heavy (non-hydrogen) atoms. The Labute approximate surface area is 171 Å². The summed E-state index contributed by atoms with van der Waals surface area (Å²) < 4.78 is 15.9. The van der Waals surface area contributed by atoms with E-state index in [0.717, 1.165) is 22.7 Å². The van der Waals surface area contributed by atoms with Crippen LogP contribution in [-0.2, 0) is 4.74 Å². The first kappa shape index (κ1) is 21.5. The summed E-state index contributed by atoms with van der Waals surface area (Å²) in [5.74, 6) is 1.22. The van der Waals surface area contributed by atoms with Crippen molar-refractivity contribution in [1.82, 2.24) is 5.32 Å². The molecule has 2 aromatic rings. The van der Waals surface area contributed by atoms with Crippen molar-refractivity contribution in [2.45, 2.75) is 26.8 Å². The number of methoxy groups -OCH3 is 1. The molecule has 2 aromatic carbocycles. The van der Waals surface area contributed by atoms with Gasteiger partial charge in [0.1, 0.15) is 18.1 Å². The fraction of sp³-hybridized carbons (Fsp3) is 0.333. The molecule has 1 atom stereocenters. The maximum atomic E-state index is 11.8. The van der Waals surface area contributed by atoms with Crippen LogP contribution in [0.5, 0.6) is 11.5 Å². The van der Waals surface area contributed by atoms with Crippen molar-refractivity contribution in [1.29, 1.82) is 0 Å². The highest BCUT2D eigenvalue weighted by molar-refractivity contribution is 7.80. The summed E-state index contributed by atoms with van der Waals surface area (Å²) in [5.41, 5.74) is 2.25. The molecule has 0 saturated carbocycles. The minimum absolute atomic E-state index is 0.00112. The van der Waals surface area contributed by atoms with Crippen LogP contribution in [0, 0.1) is 6.92 Å². The van der Waals surface area contributed by atoms with Crippen molar-refractivity contribution in [2.24, 2.45) is 0 Å². The van der Waals surface area contributed by atoms with Crippen molar-refractivity contribution in [2.75, 3.05) is 25.6 Å². The van der Waals surface area contributed by atoms with E-state index in [1.54, 1.807) is 26.2 Å². The Kier molecular flexibility index (Phi) is 8.07. The topological polar surface area (TPSA) is 68.8 Å². The second-order valence-electron chi connectivity index (χ2n) is 6.24. The molecule has 2 rings (SSSR count). The van der Waals surface area contributed by atoms with Crippen LogP contribution in [0.2, 0.25) is 0 Å². The van der Waals surface area contributed by atoms with Crippen LogP contribution in [0.4, 0.5) is 5.69 Å². The molecule has 0 fully saturated rings. The van der Waals surface area contributed by atoms with Gasteiger partial charge in [-0.3, -0.25) is 0 Å². The third-order valence-electron chi connectivity index (χ3n) is 3.92. The molecule has 0 spiro atoms. The summed E-state index contributed by atoms with van der Waals surface area (Å²) in [6.45, 7) is 6.47.